The van der Waals surface area contributed by atoms with Gasteiger partial charge < -0.3 is 15.5 Å². The van der Waals surface area contributed by atoms with Gasteiger partial charge in [-0.2, -0.15) is 0 Å². The Balaban J connectivity index is 1.57. The second kappa shape index (κ2) is 10.3. The molecule has 1 heterocycles. The molecule has 1 fully saturated rings. The molecule has 170 valence electrons. The lowest BCUT2D eigenvalue weighted by molar-refractivity contribution is -0.128. The van der Waals surface area contributed by atoms with E-state index < -0.39 is 29.5 Å². The summed E-state index contributed by atoms with van der Waals surface area (Å²) >= 11 is 0. The monoisotopic (exact) mass is 443 g/mol. The number of nitrogens with one attached hydrogen (secondary N) is 2. The fraction of sp³-hybridized carbons (Fsp3) is 0.375. The van der Waals surface area contributed by atoms with Crippen molar-refractivity contribution in [2.75, 3.05) is 13.1 Å². The summed E-state index contributed by atoms with van der Waals surface area (Å²) in [4.78, 5) is 38.8. The number of amides is 3. The van der Waals surface area contributed by atoms with Gasteiger partial charge in [-0.3, -0.25) is 14.4 Å². The molecule has 3 rings (SSSR count). The molecular weight excluding hydrogens is 416 g/mol. The Morgan fingerprint density at radius 1 is 1.06 bits per heavy atom. The molecule has 1 aliphatic rings. The van der Waals surface area contributed by atoms with Crippen molar-refractivity contribution in [1.29, 1.82) is 0 Å². The van der Waals surface area contributed by atoms with E-state index in [1.165, 1.54) is 13.0 Å². The van der Waals surface area contributed by atoms with Crippen LogP contribution in [0.4, 0.5) is 8.78 Å². The maximum atomic E-state index is 13.5. The van der Waals surface area contributed by atoms with Crippen LogP contribution in [0.2, 0.25) is 0 Å². The number of rotatable bonds is 6. The van der Waals surface area contributed by atoms with Crippen LogP contribution in [0.15, 0.2) is 42.5 Å². The third kappa shape index (κ3) is 6.12. The molecule has 6 nitrogen and oxygen atoms in total. The standard InChI is InChI=1S/C24H27F2N3O3/c1-15-4-3-5-18(12-15)24(32)29-10-8-19(9-11-29)28-23(31)22(27-16(2)30)14-17-6-7-20(25)21(26)13-17/h3-7,12-13,19,22H,8-11,14H2,1-2H3,(H,27,30)(H,28,31). The summed E-state index contributed by atoms with van der Waals surface area (Å²) in [6.07, 6.45) is 1.20. The average molecular weight is 443 g/mol. The Bertz CT molecular complexity index is 1000. The van der Waals surface area contributed by atoms with Crippen LogP contribution in [0.1, 0.15) is 41.3 Å². The SMILES string of the molecule is CC(=O)NC(Cc1ccc(F)c(F)c1)C(=O)NC1CCN(C(=O)c2cccc(C)c2)CC1. The van der Waals surface area contributed by atoms with E-state index in [0.717, 1.165) is 17.7 Å². The summed E-state index contributed by atoms with van der Waals surface area (Å²) in [5.74, 6) is -2.80. The average Bonchev–Trinajstić information content (AvgIpc) is 2.75. The Kier molecular flexibility index (Phi) is 7.56. The number of carbonyl (C=O) groups is 3. The Morgan fingerprint density at radius 2 is 1.78 bits per heavy atom. The van der Waals surface area contributed by atoms with E-state index in [-0.39, 0.29) is 18.4 Å². The molecule has 0 bridgehead atoms. The number of hydrogen-bond donors (Lipinski definition) is 2. The minimum absolute atomic E-state index is 0.0343. The van der Waals surface area contributed by atoms with Gasteiger partial charge >= 0.3 is 0 Å². The highest BCUT2D eigenvalue weighted by Gasteiger charge is 2.27. The molecule has 1 saturated heterocycles. The van der Waals surface area contributed by atoms with Gasteiger partial charge in [0, 0.05) is 38.0 Å². The van der Waals surface area contributed by atoms with Gasteiger partial charge in [0.25, 0.3) is 5.91 Å². The van der Waals surface area contributed by atoms with Gasteiger partial charge in [-0.15, -0.1) is 0 Å². The molecule has 2 aromatic carbocycles. The summed E-state index contributed by atoms with van der Waals surface area (Å²) in [5.41, 5.74) is 2.06. The first-order chi connectivity index (χ1) is 15.2. The molecule has 2 aromatic rings. The molecule has 32 heavy (non-hydrogen) atoms. The highest BCUT2D eigenvalue weighted by Crippen LogP contribution is 2.16. The lowest BCUT2D eigenvalue weighted by atomic mass is 10.0. The number of nitrogens with zero attached hydrogens (tertiary/aromatic N) is 1. The highest BCUT2D eigenvalue weighted by atomic mass is 19.2. The normalized spacial score (nSPS) is 15.2. The number of piperidine rings is 1. The number of aryl methyl sites for hydroxylation is 1. The summed E-state index contributed by atoms with van der Waals surface area (Å²) in [7, 11) is 0. The first-order valence-corrected chi connectivity index (χ1v) is 10.6. The molecular formula is C24H27F2N3O3. The smallest absolute Gasteiger partial charge is 0.253 e. The second-order valence-electron chi connectivity index (χ2n) is 8.15. The maximum Gasteiger partial charge on any atom is 0.253 e. The van der Waals surface area contributed by atoms with E-state index in [2.05, 4.69) is 10.6 Å². The predicted octanol–water partition coefficient (Wildman–Crippen LogP) is 2.74. The maximum absolute atomic E-state index is 13.5. The van der Waals surface area contributed by atoms with Crippen LogP contribution in [0.3, 0.4) is 0 Å². The summed E-state index contributed by atoms with van der Waals surface area (Å²) in [6.45, 7) is 4.24. The van der Waals surface area contributed by atoms with E-state index >= 15 is 0 Å². The Morgan fingerprint density at radius 3 is 2.41 bits per heavy atom. The lowest BCUT2D eigenvalue weighted by Gasteiger charge is -2.33. The molecule has 0 spiro atoms. The van der Waals surface area contributed by atoms with E-state index in [9.17, 15) is 23.2 Å². The van der Waals surface area contributed by atoms with Crippen LogP contribution in [0.25, 0.3) is 0 Å². The first kappa shape index (κ1) is 23.4. The van der Waals surface area contributed by atoms with Gasteiger partial charge in [-0.1, -0.05) is 23.8 Å². The molecule has 2 N–H and O–H groups in total. The van der Waals surface area contributed by atoms with Crippen molar-refractivity contribution in [2.45, 2.75) is 45.2 Å². The van der Waals surface area contributed by atoms with Crippen LogP contribution in [0.5, 0.6) is 0 Å². The molecule has 1 atom stereocenters. The minimum atomic E-state index is -1.00. The number of likely N-dealkylation sites (tertiary alicyclic amines) is 1. The zero-order valence-electron chi connectivity index (χ0n) is 18.2. The topological polar surface area (TPSA) is 78.5 Å². The zero-order chi connectivity index (χ0) is 23.3. The van der Waals surface area contributed by atoms with Crippen molar-refractivity contribution < 1.29 is 23.2 Å². The van der Waals surface area contributed by atoms with Crippen molar-refractivity contribution in [3.63, 3.8) is 0 Å². The van der Waals surface area contributed by atoms with Crippen LogP contribution >= 0.6 is 0 Å². The van der Waals surface area contributed by atoms with Crippen LogP contribution in [-0.2, 0) is 16.0 Å². The fourth-order valence-electron chi connectivity index (χ4n) is 3.85. The summed E-state index contributed by atoms with van der Waals surface area (Å²) in [6, 6.07) is 9.77. The molecule has 1 aliphatic heterocycles. The Labute approximate surface area is 186 Å². The van der Waals surface area contributed by atoms with Crippen LogP contribution < -0.4 is 10.6 Å². The van der Waals surface area contributed by atoms with E-state index in [4.69, 9.17) is 0 Å². The third-order valence-corrected chi connectivity index (χ3v) is 5.51. The summed E-state index contributed by atoms with van der Waals surface area (Å²) < 4.78 is 26.7. The summed E-state index contributed by atoms with van der Waals surface area (Å²) in [5, 5.41) is 5.49. The number of hydrogen-bond acceptors (Lipinski definition) is 3. The molecule has 0 saturated carbocycles. The van der Waals surface area contributed by atoms with Gasteiger partial charge in [-0.05, 0) is 49.6 Å². The van der Waals surface area contributed by atoms with E-state index in [0.29, 0.717) is 37.1 Å². The second-order valence-corrected chi connectivity index (χ2v) is 8.15. The lowest BCUT2D eigenvalue weighted by Crippen LogP contribution is -2.53. The molecule has 0 radical (unpaired) electrons. The number of carbonyl (C=O) groups excluding carboxylic acids is 3. The van der Waals surface area contributed by atoms with Gasteiger partial charge in [0.05, 0.1) is 0 Å². The number of benzene rings is 2. The van der Waals surface area contributed by atoms with Gasteiger partial charge in [0.2, 0.25) is 11.8 Å². The first-order valence-electron chi connectivity index (χ1n) is 10.6. The van der Waals surface area contributed by atoms with Crippen molar-refractivity contribution in [1.82, 2.24) is 15.5 Å². The van der Waals surface area contributed by atoms with Crippen molar-refractivity contribution in [3.8, 4) is 0 Å². The largest absolute Gasteiger partial charge is 0.351 e. The van der Waals surface area contributed by atoms with Gasteiger partial charge in [0.15, 0.2) is 11.6 Å². The molecule has 8 heteroatoms. The zero-order valence-corrected chi connectivity index (χ0v) is 18.2. The van der Waals surface area contributed by atoms with Gasteiger partial charge in [-0.25, -0.2) is 8.78 Å². The van der Waals surface area contributed by atoms with Gasteiger partial charge in [0.1, 0.15) is 6.04 Å². The molecule has 0 aliphatic carbocycles. The highest BCUT2D eigenvalue weighted by molar-refractivity contribution is 5.94. The number of halogens is 2. The van der Waals surface area contributed by atoms with E-state index in [1.807, 2.05) is 25.1 Å². The van der Waals surface area contributed by atoms with Crippen molar-refractivity contribution in [2.24, 2.45) is 0 Å². The predicted molar refractivity (Wildman–Crippen MR) is 116 cm³/mol. The minimum Gasteiger partial charge on any atom is -0.351 e. The van der Waals surface area contributed by atoms with Crippen LogP contribution in [0, 0.1) is 18.6 Å². The van der Waals surface area contributed by atoms with Crippen LogP contribution in [-0.4, -0.2) is 47.8 Å². The molecule has 0 aromatic heterocycles. The third-order valence-electron chi connectivity index (χ3n) is 5.51. The van der Waals surface area contributed by atoms with E-state index in [1.54, 1.807) is 11.0 Å². The van der Waals surface area contributed by atoms with Crippen molar-refractivity contribution >= 4 is 17.7 Å². The molecule has 3 amide bonds. The quantitative estimate of drug-likeness (QED) is 0.721. The Hall–Kier alpha value is -3.29. The fourth-order valence-corrected chi connectivity index (χ4v) is 3.85. The molecule has 1 unspecified atom stereocenters. The van der Waals surface area contributed by atoms with Crippen molar-refractivity contribution in [3.05, 3.63) is 70.8 Å².